The summed E-state index contributed by atoms with van der Waals surface area (Å²) < 4.78 is 0. The molecule has 3 heteroatoms. The molecule has 1 N–H and O–H groups in total. The largest absolute Gasteiger partial charge is 0.346 e. The van der Waals surface area contributed by atoms with E-state index in [0.717, 1.165) is 16.1 Å². The molecule has 0 spiro atoms. The van der Waals surface area contributed by atoms with Crippen LogP contribution < -0.4 is 0 Å². The number of nitrogens with one attached hydrogen (secondary N) is 1. The van der Waals surface area contributed by atoms with Crippen molar-refractivity contribution in [2.24, 2.45) is 0 Å². The molecule has 2 aromatic rings. The molecule has 0 bridgehead atoms. The van der Waals surface area contributed by atoms with Gasteiger partial charge in [-0.25, -0.2) is 4.98 Å². The quantitative estimate of drug-likeness (QED) is 0.644. The van der Waals surface area contributed by atoms with Crippen molar-refractivity contribution in [1.82, 2.24) is 9.97 Å². The molecule has 58 valence electrons. The Morgan fingerprint density at radius 3 is 2.91 bits per heavy atom. The molecule has 0 atom stereocenters. The number of aromatic nitrogens is 2. The average Bonchev–Trinajstić information content (AvgIpc) is 2.36. The van der Waals surface area contributed by atoms with Crippen LogP contribution in [0.15, 0.2) is 24.5 Å². The zero-order valence-electron chi connectivity index (χ0n) is 5.13. The first-order valence-corrected chi connectivity index (χ1v) is 3.33. The molecule has 11 heavy (non-hydrogen) atoms. The molecule has 2 aromatic heterocycles. The molecule has 0 aliphatic rings. The molecule has 0 saturated carbocycles. The van der Waals surface area contributed by atoms with E-state index in [1.165, 1.54) is 0 Å². The predicted octanol–water partition coefficient (Wildman–Crippen LogP) is 2.85. The standard InChI is InChI=1S/C7H5ClN2.CH4/c8-6-2-4-10-7-5(6)1-3-9-7;/h1-4H,(H,9,10);1H4. The van der Waals surface area contributed by atoms with Gasteiger partial charge in [0, 0.05) is 17.8 Å². The first-order chi connectivity index (χ1) is 4.88. The minimum absolute atomic E-state index is 0. The molecule has 2 heterocycles. The highest BCUT2D eigenvalue weighted by atomic mass is 35.5. The van der Waals surface area contributed by atoms with Crippen molar-refractivity contribution in [1.29, 1.82) is 0 Å². The van der Waals surface area contributed by atoms with E-state index in [1.807, 2.05) is 12.3 Å². The first kappa shape index (κ1) is 8.08. The number of halogens is 1. The SMILES string of the molecule is C.Clc1ccnc2[nH]ccc12. The molecule has 0 aliphatic heterocycles. The lowest BCUT2D eigenvalue weighted by molar-refractivity contribution is 1.33. The van der Waals surface area contributed by atoms with Gasteiger partial charge in [-0.2, -0.15) is 0 Å². The third kappa shape index (κ3) is 1.21. The second-order valence-corrected chi connectivity index (χ2v) is 2.44. The van der Waals surface area contributed by atoms with Crippen LogP contribution in [0.5, 0.6) is 0 Å². The number of hydrogen-bond acceptors (Lipinski definition) is 1. The summed E-state index contributed by atoms with van der Waals surface area (Å²) in [5.41, 5.74) is 0.840. The first-order valence-electron chi connectivity index (χ1n) is 2.95. The topological polar surface area (TPSA) is 28.7 Å². The lowest BCUT2D eigenvalue weighted by Gasteiger charge is -1.89. The molecule has 2 nitrogen and oxygen atoms in total. The van der Waals surface area contributed by atoms with Gasteiger partial charge in [-0.3, -0.25) is 0 Å². The Hall–Kier alpha value is -1.02. The maximum Gasteiger partial charge on any atom is 0.138 e. The zero-order valence-corrected chi connectivity index (χ0v) is 5.89. The van der Waals surface area contributed by atoms with Crippen molar-refractivity contribution >= 4 is 22.6 Å². The third-order valence-corrected chi connectivity index (χ3v) is 1.74. The Balaban J connectivity index is 0.000000605. The number of H-pyrrole nitrogens is 1. The smallest absolute Gasteiger partial charge is 0.138 e. The highest BCUT2D eigenvalue weighted by molar-refractivity contribution is 6.35. The second-order valence-electron chi connectivity index (χ2n) is 2.03. The van der Waals surface area contributed by atoms with Crippen molar-refractivity contribution in [2.45, 2.75) is 7.43 Å². The van der Waals surface area contributed by atoms with Crippen LogP contribution in [0.4, 0.5) is 0 Å². The van der Waals surface area contributed by atoms with Gasteiger partial charge in [0.1, 0.15) is 5.65 Å². The lowest BCUT2D eigenvalue weighted by atomic mass is 10.3. The van der Waals surface area contributed by atoms with Crippen LogP contribution in [0.1, 0.15) is 7.43 Å². The van der Waals surface area contributed by atoms with E-state index in [-0.39, 0.29) is 7.43 Å². The Morgan fingerprint density at radius 1 is 1.36 bits per heavy atom. The van der Waals surface area contributed by atoms with Crippen LogP contribution in [0.3, 0.4) is 0 Å². The normalized spacial score (nSPS) is 9.55. The molecule has 0 radical (unpaired) electrons. The van der Waals surface area contributed by atoms with Gasteiger partial charge in [-0.1, -0.05) is 19.0 Å². The maximum atomic E-state index is 5.84. The monoisotopic (exact) mass is 168 g/mol. The van der Waals surface area contributed by atoms with Crippen LogP contribution in [-0.2, 0) is 0 Å². The Bertz CT molecular complexity index is 354. The lowest BCUT2D eigenvalue weighted by Crippen LogP contribution is -1.73. The minimum Gasteiger partial charge on any atom is -0.346 e. The van der Waals surface area contributed by atoms with Crippen molar-refractivity contribution in [3.63, 3.8) is 0 Å². The number of fused-ring (bicyclic) bond motifs is 1. The van der Waals surface area contributed by atoms with Gasteiger partial charge >= 0.3 is 0 Å². The summed E-state index contributed by atoms with van der Waals surface area (Å²) in [5.74, 6) is 0. The van der Waals surface area contributed by atoms with Crippen molar-refractivity contribution < 1.29 is 0 Å². The van der Waals surface area contributed by atoms with Gasteiger partial charge in [0.05, 0.1) is 5.02 Å². The van der Waals surface area contributed by atoms with Gasteiger partial charge in [-0.15, -0.1) is 0 Å². The van der Waals surface area contributed by atoms with Gasteiger partial charge in [0.2, 0.25) is 0 Å². The summed E-state index contributed by atoms with van der Waals surface area (Å²) in [6.45, 7) is 0. The van der Waals surface area contributed by atoms with E-state index >= 15 is 0 Å². The molecule has 0 aliphatic carbocycles. The van der Waals surface area contributed by atoms with E-state index in [9.17, 15) is 0 Å². The number of pyridine rings is 1. The van der Waals surface area contributed by atoms with Crippen LogP contribution in [0, 0.1) is 0 Å². The number of aromatic amines is 1. The minimum atomic E-state index is 0. The summed E-state index contributed by atoms with van der Waals surface area (Å²) in [4.78, 5) is 7.03. The van der Waals surface area contributed by atoms with Crippen LogP contribution >= 0.6 is 11.6 Å². The van der Waals surface area contributed by atoms with Gasteiger partial charge in [-0.05, 0) is 12.1 Å². The number of nitrogens with zero attached hydrogens (tertiary/aromatic N) is 1. The maximum absolute atomic E-state index is 5.84. The molecule has 0 saturated heterocycles. The van der Waals surface area contributed by atoms with E-state index < -0.39 is 0 Å². The number of hydrogen-bond donors (Lipinski definition) is 1. The van der Waals surface area contributed by atoms with E-state index in [0.29, 0.717) is 0 Å². The van der Waals surface area contributed by atoms with Gasteiger partial charge in [0.15, 0.2) is 0 Å². The van der Waals surface area contributed by atoms with Crippen LogP contribution in [0.2, 0.25) is 5.02 Å². The summed E-state index contributed by atoms with van der Waals surface area (Å²) in [6.07, 6.45) is 3.50. The fourth-order valence-electron chi connectivity index (χ4n) is 0.927. The number of rotatable bonds is 0. The molecule has 0 aromatic carbocycles. The summed E-state index contributed by atoms with van der Waals surface area (Å²) in [5, 5.41) is 1.72. The Kier molecular flexibility index (Phi) is 2.15. The highest BCUT2D eigenvalue weighted by Crippen LogP contribution is 2.19. The highest BCUT2D eigenvalue weighted by Gasteiger charge is 1.97. The van der Waals surface area contributed by atoms with Crippen LogP contribution in [-0.4, -0.2) is 9.97 Å². The van der Waals surface area contributed by atoms with E-state index in [4.69, 9.17) is 11.6 Å². The summed E-state index contributed by atoms with van der Waals surface area (Å²) >= 11 is 5.84. The predicted molar refractivity (Wildman–Crippen MR) is 47.8 cm³/mol. The average molecular weight is 169 g/mol. The van der Waals surface area contributed by atoms with Crippen molar-refractivity contribution in [2.75, 3.05) is 0 Å². The molecular formula is C8H9ClN2. The van der Waals surface area contributed by atoms with Gasteiger partial charge in [0.25, 0.3) is 0 Å². The van der Waals surface area contributed by atoms with Crippen LogP contribution in [0.25, 0.3) is 11.0 Å². The van der Waals surface area contributed by atoms with E-state index in [1.54, 1.807) is 12.3 Å². The Morgan fingerprint density at radius 2 is 2.18 bits per heavy atom. The molecule has 0 unspecified atom stereocenters. The Labute approximate surface area is 70.2 Å². The van der Waals surface area contributed by atoms with Crippen molar-refractivity contribution in [3.05, 3.63) is 29.5 Å². The fraction of sp³-hybridized carbons (Fsp3) is 0.125. The van der Waals surface area contributed by atoms with Crippen molar-refractivity contribution in [3.8, 4) is 0 Å². The molecule has 0 fully saturated rings. The second kappa shape index (κ2) is 2.93. The molecule has 0 amide bonds. The fourth-order valence-corrected chi connectivity index (χ4v) is 1.14. The van der Waals surface area contributed by atoms with Gasteiger partial charge < -0.3 is 4.98 Å². The zero-order chi connectivity index (χ0) is 6.97. The summed E-state index contributed by atoms with van der Waals surface area (Å²) in [6, 6.07) is 3.68. The molecule has 2 rings (SSSR count). The third-order valence-electron chi connectivity index (χ3n) is 1.41. The molecular weight excluding hydrogens is 160 g/mol. The van der Waals surface area contributed by atoms with E-state index in [2.05, 4.69) is 9.97 Å². The summed E-state index contributed by atoms with van der Waals surface area (Å²) in [7, 11) is 0.